The number of hydrogen-bond acceptors (Lipinski definition) is 4. The molecule has 0 bridgehead atoms. The van der Waals surface area contributed by atoms with Crippen LogP contribution in [0, 0.1) is 5.92 Å². The molecule has 0 aromatic heterocycles. The lowest BCUT2D eigenvalue weighted by atomic mass is 9.98. The first kappa shape index (κ1) is 27.4. The number of ether oxygens (including phenoxy) is 2. The Hall–Kier alpha value is -1.62. The summed E-state index contributed by atoms with van der Waals surface area (Å²) in [5.74, 6) is -1.82. The lowest BCUT2D eigenvalue weighted by Crippen LogP contribution is -2.28. The van der Waals surface area contributed by atoms with Crippen LogP contribution in [-0.2, 0) is 31.9 Å². The van der Waals surface area contributed by atoms with Crippen molar-refractivity contribution in [2.75, 3.05) is 13.2 Å². The molecule has 0 unspecified atom stereocenters. The SMILES string of the molecule is CCOC(=O)C(CCc1ccc(CCCCCCCC[Si](C)(C)C)cc1)C(=O)OCC. The second-order valence-electron chi connectivity index (χ2n) is 9.59. The predicted octanol–water partition coefficient (Wildman–Crippen LogP) is 6.58. The summed E-state index contributed by atoms with van der Waals surface area (Å²) in [6, 6.07) is 10.0. The molecule has 1 aromatic rings. The van der Waals surface area contributed by atoms with Gasteiger partial charge in [0.25, 0.3) is 0 Å². The van der Waals surface area contributed by atoms with Gasteiger partial charge in [-0.15, -0.1) is 0 Å². The molecule has 0 saturated heterocycles. The Bertz CT molecular complexity index is 616. The fourth-order valence-electron chi connectivity index (χ4n) is 3.69. The molecule has 0 atom stereocenters. The Morgan fingerprint density at radius 2 is 1.19 bits per heavy atom. The van der Waals surface area contributed by atoms with Crippen LogP contribution in [0.1, 0.15) is 69.9 Å². The zero-order valence-corrected chi connectivity index (χ0v) is 21.5. The van der Waals surface area contributed by atoms with Crippen molar-refractivity contribution in [1.29, 1.82) is 0 Å². The number of esters is 2. The molecule has 1 aromatic carbocycles. The van der Waals surface area contributed by atoms with Crippen molar-refractivity contribution in [3.05, 3.63) is 35.4 Å². The highest BCUT2D eigenvalue weighted by atomic mass is 28.3. The van der Waals surface area contributed by atoms with E-state index in [1.807, 2.05) is 0 Å². The molecule has 0 fully saturated rings. The normalized spacial score (nSPS) is 11.5. The third-order valence-electron chi connectivity index (χ3n) is 5.53. The standard InChI is InChI=1S/C26H44O4Si/c1-6-29-25(27)24(26(28)30-7-2)20-19-23-17-15-22(16-18-23)14-12-10-8-9-11-13-21-31(3,4)5/h15-18,24H,6-14,19-21H2,1-5H3. The van der Waals surface area contributed by atoms with Crippen molar-refractivity contribution < 1.29 is 19.1 Å². The quantitative estimate of drug-likeness (QED) is 0.124. The first-order chi connectivity index (χ1) is 14.8. The Labute approximate surface area is 191 Å². The predicted molar refractivity (Wildman–Crippen MR) is 131 cm³/mol. The van der Waals surface area contributed by atoms with Crippen LogP contribution in [0.5, 0.6) is 0 Å². The molecule has 0 spiro atoms. The summed E-state index contributed by atoms with van der Waals surface area (Å²) in [6.45, 7) is 11.4. The highest BCUT2D eigenvalue weighted by Crippen LogP contribution is 2.18. The number of rotatable bonds is 16. The molecular weight excluding hydrogens is 404 g/mol. The van der Waals surface area contributed by atoms with Crippen LogP contribution in [0.4, 0.5) is 0 Å². The lowest BCUT2D eigenvalue weighted by molar-refractivity contribution is -0.161. The highest BCUT2D eigenvalue weighted by molar-refractivity contribution is 6.76. The van der Waals surface area contributed by atoms with Crippen molar-refractivity contribution in [2.45, 2.75) is 97.3 Å². The number of aryl methyl sites for hydroxylation is 2. The van der Waals surface area contributed by atoms with Crippen LogP contribution in [-0.4, -0.2) is 33.2 Å². The van der Waals surface area contributed by atoms with Gasteiger partial charge in [-0.1, -0.05) is 82.1 Å². The topological polar surface area (TPSA) is 52.6 Å². The van der Waals surface area contributed by atoms with Gasteiger partial charge in [0.2, 0.25) is 0 Å². The van der Waals surface area contributed by atoms with E-state index in [4.69, 9.17) is 9.47 Å². The monoisotopic (exact) mass is 448 g/mol. The van der Waals surface area contributed by atoms with E-state index in [1.165, 1.54) is 50.1 Å². The minimum absolute atomic E-state index is 0.266. The van der Waals surface area contributed by atoms with E-state index in [2.05, 4.69) is 43.9 Å². The first-order valence-electron chi connectivity index (χ1n) is 12.2. The Morgan fingerprint density at radius 3 is 1.68 bits per heavy atom. The second kappa shape index (κ2) is 15.2. The molecule has 0 radical (unpaired) electrons. The second-order valence-corrected chi connectivity index (χ2v) is 15.2. The van der Waals surface area contributed by atoms with E-state index in [-0.39, 0.29) is 13.2 Å². The molecule has 5 heteroatoms. The van der Waals surface area contributed by atoms with Gasteiger partial charge in [0.05, 0.1) is 13.2 Å². The number of carbonyl (C=O) groups excluding carboxylic acids is 2. The Balaban J connectivity index is 2.32. The molecule has 0 aliphatic rings. The number of hydrogen-bond donors (Lipinski definition) is 0. The largest absolute Gasteiger partial charge is 0.465 e. The van der Waals surface area contributed by atoms with Gasteiger partial charge in [-0.2, -0.15) is 0 Å². The average molecular weight is 449 g/mol. The fourth-order valence-corrected chi connectivity index (χ4v) is 5.00. The van der Waals surface area contributed by atoms with E-state index in [1.54, 1.807) is 13.8 Å². The Kier molecular flexibility index (Phi) is 13.5. The van der Waals surface area contributed by atoms with Gasteiger partial charge < -0.3 is 9.47 Å². The van der Waals surface area contributed by atoms with E-state index < -0.39 is 25.9 Å². The number of unbranched alkanes of at least 4 members (excludes halogenated alkanes) is 5. The van der Waals surface area contributed by atoms with Gasteiger partial charge in [0.15, 0.2) is 5.92 Å². The minimum atomic E-state index is -0.859. The summed E-state index contributed by atoms with van der Waals surface area (Å²) in [7, 11) is -0.859. The van der Waals surface area contributed by atoms with Crippen molar-refractivity contribution in [3.8, 4) is 0 Å². The maximum Gasteiger partial charge on any atom is 0.320 e. The molecule has 0 saturated carbocycles. The van der Waals surface area contributed by atoms with Gasteiger partial charge >= 0.3 is 11.9 Å². The molecule has 0 N–H and O–H groups in total. The molecular formula is C26H44O4Si. The molecule has 1 rings (SSSR count). The summed E-state index contributed by atoms with van der Waals surface area (Å²) in [5.41, 5.74) is 2.49. The summed E-state index contributed by atoms with van der Waals surface area (Å²) in [6.07, 6.45) is 10.2. The van der Waals surface area contributed by atoms with E-state index in [9.17, 15) is 9.59 Å². The van der Waals surface area contributed by atoms with Gasteiger partial charge in [0, 0.05) is 8.07 Å². The van der Waals surface area contributed by atoms with Gasteiger partial charge in [-0.25, -0.2) is 0 Å². The van der Waals surface area contributed by atoms with E-state index in [0.717, 1.165) is 12.0 Å². The van der Waals surface area contributed by atoms with Crippen LogP contribution < -0.4 is 0 Å². The molecule has 31 heavy (non-hydrogen) atoms. The van der Waals surface area contributed by atoms with Crippen LogP contribution in [0.3, 0.4) is 0 Å². The van der Waals surface area contributed by atoms with Crippen molar-refractivity contribution in [3.63, 3.8) is 0 Å². The van der Waals surface area contributed by atoms with Gasteiger partial charge in [-0.05, 0) is 50.7 Å². The zero-order valence-electron chi connectivity index (χ0n) is 20.5. The summed E-state index contributed by atoms with van der Waals surface area (Å²) in [5, 5.41) is 0. The molecule has 0 aliphatic heterocycles. The van der Waals surface area contributed by atoms with Crippen LogP contribution in [0.15, 0.2) is 24.3 Å². The minimum Gasteiger partial charge on any atom is -0.465 e. The third kappa shape index (κ3) is 12.7. The van der Waals surface area contributed by atoms with Gasteiger partial charge in [-0.3, -0.25) is 9.59 Å². The fraction of sp³-hybridized carbons (Fsp3) is 0.692. The zero-order chi connectivity index (χ0) is 23.1. The maximum atomic E-state index is 12.1. The molecule has 4 nitrogen and oxygen atoms in total. The van der Waals surface area contributed by atoms with E-state index in [0.29, 0.717) is 12.8 Å². The van der Waals surface area contributed by atoms with Crippen LogP contribution in [0.2, 0.25) is 25.7 Å². The average Bonchev–Trinajstić information content (AvgIpc) is 2.71. The molecule has 0 heterocycles. The van der Waals surface area contributed by atoms with Crippen LogP contribution in [0.25, 0.3) is 0 Å². The van der Waals surface area contributed by atoms with Crippen LogP contribution >= 0.6 is 0 Å². The third-order valence-corrected chi connectivity index (χ3v) is 7.38. The lowest BCUT2D eigenvalue weighted by Gasteiger charge is -2.14. The molecule has 0 aliphatic carbocycles. The summed E-state index contributed by atoms with van der Waals surface area (Å²) < 4.78 is 10.1. The van der Waals surface area contributed by atoms with E-state index >= 15 is 0 Å². The molecule has 0 amide bonds. The van der Waals surface area contributed by atoms with Crippen molar-refractivity contribution in [2.24, 2.45) is 5.92 Å². The number of carbonyl (C=O) groups is 2. The smallest absolute Gasteiger partial charge is 0.320 e. The highest BCUT2D eigenvalue weighted by Gasteiger charge is 2.29. The van der Waals surface area contributed by atoms with Crippen molar-refractivity contribution >= 4 is 20.0 Å². The van der Waals surface area contributed by atoms with Crippen molar-refractivity contribution in [1.82, 2.24) is 0 Å². The Morgan fingerprint density at radius 1 is 0.742 bits per heavy atom. The van der Waals surface area contributed by atoms with Gasteiger partial charge in [0.1, 0.15) is 0 Å². The maximum absolute atomic E-state index is 12.1. The summed E-state index contributed by atoms with van der Waals surface area (Å²) in [4.78, 5) is 24.2. The number of benzene rings is 1. The first-order valence-corrected chi connectivity index (χ1v) is 15.9. The molecule has 176 valence electrons. The summed E-state index contributed by atoms with van der Waals surface area (Å²) >= 11 is 0.